The lowest BCUT2D eigenvalue weighted by atomic mass is 9.88. The quantitative estimate of drug-likeness (QED) is 0.531. The molecule has 7 heteroatoms. The fraction of sp³-hybridized carbons (Fsp3) is 0.231. The average Bonchev–Trinajstić information content (AvgIpc) is 2.80. The van der Waals surface area contributed by atoms with Crippen molar-refractivity contribution in [1.82, 2.24) is 5.06 Å². The predicted octanol–water partition coefficient (Wildman–Crippen LogP) is 5.05. The van der Waals surface area contributed by atoms with Crippen LogP contribution in [0, 0.1) is 12.7 Å². The van der Waals surface area contributed by atoms with Gasteiger partial charge >= 0.3 is 12.1 Å². The van der Waals surface area contributed by atoms with E-state index in [2.05, 4.69) is 0 Å². The number of benzene rings is 3. The zero-order valence-corrected chi connectivity index (χ0v) is 18.2. The van der Waals surface area contributed by atoms with E-state index in [9.17, 15) is 14.0 Å². The Morgan fingerprint density at radius 2 is 1.79 bits per heavy atom. The number of hydrogen-bond donors (Lipinski definition) is 1. The number of carbonyl (C=O) groups is 2. The summed E-state index contributed by atoms with van der Waals surface area (Å²) in [4.78, 5) is 28.7. The molecule has 0 saturated carbocycles. The van der Waals surface area contributed by atoms with Crippen LogP contribution >= 0.6 is 0 Å². The molecule has 1 N–H and O–H groups in total. The lowest BCUT2D eigenvalue weighted by Gasteiger charge is -2.29. The first-order valence-electron chi connectivity index (χ1n) is 10.7. The molecule has 0 radical (unpaired) electrons. The number of nitrogens with zero attached hydrogens (tertiary/aromatic N) is 1. The van der Waals surface area contributed by atoms with Gasteiger partial charge in [0.15, 0.2) is 0 Å². The summed E-state index contributed by atoms with van der Waals surface area (Å²) in [6, 6.07) is 17.9. The van der Waals surface area contributed by atoms with Crippen molar-refractivity contribution in [1.29, 1.82) is 0 Å². The molecule has 0 spiro atoms. The zero-order chi connectivity index (χ0) is 23.4. The summed E-state index contributed by atoms with van der Waals surface area (Å²) >= 11 is 0. The fourth-order valence-corrected chi connectivity index (χ4v) is 4.03. The van der Waals surface area contributed by atoms with Crippen molar-refractivity contribution in [2.24, 2.45) is 0 Å². The predicted molar refractivity (Wildman–Crippen MR) is 120 cm³/mol. The van der Waals surface area contributed by atoms with E-state index in [1.165, 1.54) is 11.1 Å². The number of carboxylic acid groups (broad SMARTS) is 1. The third-order valence-electron chi connectivity index (χ3n) is 5.67. The number of hydrogen-bond acceptors (Lipinski definition) is 5. The van der Waals surface area contributed by atoms with Crippen LogP contribution < -0.4 is 0 Å². The molecule has 6 nitrogen and oxygen atoms in total. The largest absolute Gasteiger partial charge is 0.528 e. The van der Waals surface area contributed by atoms with E-state index in [4.69, 9.17) is 14.7 Å². The van der Waals surface area contributed by atoms with Crippen molar-refractivity contribution in [3.05, 3.63) is 94.3 Å². The van der Waals surface area contributed by atoms with E-state index in [0.29, 0.717) is 29.7 Å². The summed E-state index contributed by atoms with van der Waals surface area (Å²) < 4.78 is 19.8. The van der Waals surface area contributed by atoms with Gasteiger partial charge in [-0.2, -0.15) is 0 Å². The Bertz CT molecular complexity index is 1180. The highest BCUT2D eigenvalue weighted by atomic mass is 19.1. The van der Waals surface area contributed by atoms with Gasteiger partial charge in [0, 0.05) is 6.54 Å². The van der Waals surface area contributed by atoms with Gasteiger partial charge in [0.25, 0.3) is 0 Å². The molecule has 0 unspecified atom stereocenters. The van der Waals surface area contributed by atoms with Crippen LogP contribution in [0.15, 0.2) is 60.7 Å². The van der Waals surface area contributed by atoms with Crippen molar-refractivity contribution in [3.63, 3.8) is 0 Å². The summed E-state index contributed by atoms with van der Waals surface area (Å²) in [6.45, 7) is 2.56. The van der Waals surface area contributed by atoms with Gasteiger partial charge in [-0.3, -0.25) is 4.79 Å². The van der Waals surface area contributed by atoms with Gasteiger partial charge in [0.1, 0.15) is 12.4 Å². The van der Waals surface area contributed by atoms with Crippen LogP contribution in [0.25, 0.3) is 11.1 Å². The molecular formula is C26H24FNO5. The Balaban J connectivity index is 1.54. The molecule has 0 aromatic heterocycles. The first-order chi connectivity index (χ1) is 15.9. The Hall–Kier alpha value is -3.71. The van der Waals surface area contributed by atoms with E-state index in [1.807, 2.05) is 49.4 Å². The first-order valence-corrected chi connectivity index (χ1v) is 10.7. The van der Waals surface area contributed by atoms with Crippen LogP contribution in [-0.4, -0.2) is 28.8 Å². The van der Waals surface area contributed by atoms with Crippen molar-refractivity contribution >= 4 is 12.1 Å². The number of ether oxygens (including phenoxy) is 1. The molecule has 0 amide bonds. The van der Waals surface area contributed by atoms with Crippen molar-refractivity contribution in [2.75, 3.05) is 6.54 Å². The molecule has 1 heterocycles. The molecular weight excluding hydrogens is 425 g/mol. The van der Waals surface area contributed by atoms with Crippen LogP contribution in [0.3, 0.4) is 0 Å². The number of aryl methyl sites for hydroxylation is 1. The molecule has 0 fully saturated rings. The highest BCUT2D eigenvalue weighted by molar-refractivity contribution is 5.75. The van der Waals surface area contributed by atoms with E-state index >= 15 is 0 Å². The monoisotopic (exact) mass is 449 g/mol. The van der Waals surface area contributed by atoms with Gasteiger partial charge in [-0.25, -0.2) is 9.18 Å². The number of hydroxylamine groups is 2. The van der Waals surface area contributed by atoms with E-state index < -0.39 is 12.1 Å². The molecule has 4 rings (SSSR count). The summed E-state index contributed by atoms with van der Waals surface area (Å²) in [5.41, 5.74) is 5.37. The zero-order valence-electron chi connectivity index (χ0n) is 18.2. The van der Waals surface area contributed by atoms with Gasteiger partial charge < -0.3 is 14.7 Å². The van der Waals surface area contributed by atoms with Crippen molar-refractivity contribution in [2.45, 2.75) is 32.9 Å². The van der Waals surface area contributed by atoms with Gasteiger partial charge in [-0.1, -0.05) is 54.6 Å². The maximum atomic E-state index is 14.6. The van der Waals surface area contributed by atoms with Crippen LogP contribution in [-0.2, 0) is 40.4 Å². The molecule has 33 heavy (non-hydrogen) atoms. The van der Waals surface area contributed by atoms with E-state index in [0.717, 1.165) is 22.3 Å². The second kappa shape index (κ2) is 9.83. The van der Waals surface area contributed by atoms with Crippen molar-refractivity contribution < 1.29 is 28.7 Å². The van der Waals surface area contributed by atoms with Gasteiger partial charge in [0.2, 0.25) is 0 Å². The number of rotatable bonds is 6. The summed E-state index contributed by atoms with van der Waals surface area (Å²) in [6.07, 6.45) is -0.548. The highest BCUT2D eigenvalue weighted by Crippen LogP contribution is 2.34. The molecule has 1 aliphatic heterocycles. The first kappa shape index (κ1) is 22.5. The van der Waals surface area contributed by atoms with Gasteiger partial charge in [0.05, 0.1) is 13.0 Å². The molecule has 3 aromatic carbocycles. The van der Waals surface area contributed by atoms with Crippen LogP contribution in [0.5, 0.6) is 0 Å². The van der Waals surface area contributed by atoms with Crippen LogP contribution in [0.2, 0.25) is 0 Å². The SMILES string of the molecule is Cc1ccc(CC(=O)O)cc1-c1ccc(F)c2c1CN(OC(=O)OCc1ccccc1)CC2. The molecule has 0 aliphatic carbocycles. The molecule has 3 aromatic rings. The average molecular weight is 449 g/mol. The number of halogens is 1. The molecule has 0 atom stereocenters. The minimum atomic E-state index is -0.917. The molecule has 0 saturated heterocycles. The second-order valence-electron chi connectivity index (χ2n) is 8.00. The fourth-order valence-electron chi connectivity index (χ4n) is 4.03. The van der Waals surface area contributed by atoms with Gasteiger partial charge in [-0.15, -0.1) is 5.06 Å². The third kappa shape index (κ3) is 5.38. The van der Waals surface area contributed by atoms with Crippen molar-refractivity contribution in [3.8, 4) is 11.1 Å². The Kier molecular flexibility index (Phi) is 6.70. The number of carbonyl (C=O) groups excluding carboxylic acids is 1. The van der Waals surface area contributed by atoms with Crippen LogP contribution in [0.4, 0.5) is 9.18 Å². The Morgan fingerprint density at radius 3 is 2.55 bits per heavy atom. The Labute approximate surface area is 191 Å². The Morgan fingerprint density at radius 1 is 1.00 bits per heavy atom. The summed E-state index contributed by atoms with van der Waals surface area (Å²) in [5.74, 6) is -1.22. The normalized spacial score (nSPS) is 13.3. The number of fused-ring (bicyclic) bond motifs is 1. The number of carboxylic acids is 1. The van der Waals surface area contributed by atoms with E-state index in [1.54, 1.807) is 12.1 Å². The maximum absolute atomic E-state index is 14.6. The molecule has 1 aliphatic rings. The summed E-state index contributed by atoms with van der Waals surface area (Å²) in [7, 11) is 0. The highest BCUT2D eigenvalue weighted by Gasteiger charge is 2.26. The van der Waals surface area contributed by atoms with Gasteiger partial charge in [-0.05, 0) is 58.4 Å². The minimum Gasteiger partial charge on any atom is -0.481 e. The standard InChI is InChI=1S/C26H24FNO5/c1-17-7-8-19(14-25(29)30)13-22(17)20-9-10-24(27)21-11-12-28(15-23(20)21)33-26(31)32-16-18-5-3-2-4-6-18/h2-10,13H,11-12,14-16H2,1H3,(H,29,30). The minimum absolute atomic E-state index is 0.0968. The summed E-state index contributed by atoms with van der Waals surface area (Å²) in [5, 5.41) is 10.6. The number of aliphatic carboxylic acids is 1. The lowest BCUT2D eigenvalue weighted by molar-refractivity contribution is -0.139. The second-order valence-corrected chi connectivity index (χ2v) is 8.00. The topological polar surface area (TPSA) is 76.1 Å². The molecule has 170 valence electrons. The van der Waals surface area contributed by atoms with Crippen LogP contribution in [0.1, 0.15) is 27.8 Å². The lowest BCUT2D eigenvalue weighted by Crippen LogP contribution is -2.34. The smallest absolute Gasteiger partial charge is 0.481 e. The third-order valence-corrected chi connectivity index (χ3v) is 5.67. The molecule has 0 bridgehead atoms. The van der Waals surface area contributed by atoms with E-state index in [-0.39, 0.29) is 25.4 Å². The maximum Gasteiger partial charge on any atom is 0.528 e.